The normalized spacial score (nSPS) is 17.4. The molecule has 1 N–H and O–H groups in total. The fourth-order valence-corrected chi connectivity index (χ4v) is 7.50. The maximum Gasteiger partial charge on any atom is 0.355 e. The van der Waals surface area contributed by atoms with Crippen LogP contribution in [-0.2, 0) is 14.6 Å². The van der Waals surface area contributed by atoms with Gasteiger partial charge in [0.25, 0.3) is 0 Å². The topological polar surface area (TPSA) is 126 Å². The minimum Gasteiger partial charge on any atom is -0.507 e. The number of carbonyl (C=O) groups is 1. The van der Waals surface area contributed by atoms with E-state index in [-0.39, 0.29) is 46.4 Å². The number of para-hydroxylation sites is 1. The molecule has 0 bridgehead atoms. The summed E-state index contributed by atoms with van der Waals surface area (Å²) in [6.07, 6.45) is 1.23. The molecule has 4 aromatic rings. The largest absolute Gasteiger partial charge is 0.507 e. The molecule has 0 unspecified atom stereocenters. The number of pyridine rings is 1. The van der Waals surface area contributed by atoms with Crippen molar-refractivity contribution in [3.05, 3.63) is 83.3 Å². The second kappa shape index (κ2) is 11.2. The SMILES string of the molecule is C=CC(=O)N1CCN(c2nc(=O)n(-c3ccccc3S(=O)(=O)C(C)C)c3nc(-c4c(O)cccc4F)c(F)cc23)[C@@](C)([SiH3])C1. The highest BCUT2D eigenvalue weighted by molar-refractivity contribution is 7.92. The first kappa shape index (κ1) is 31.0. The Kier molecular flexibility index (Phi) is 7.93. The zero-order chi connectivity index (χ0) is 32.1. The molecule has 0 aliphatic carbocycles. The van der Waals surface area contributed by atoms with Crippen molar-refractivity contribution in [2.24, 2.45) is 0 Å². The highest BCUT2D eigenvalue weighted by Gasteiger charge is 2.38. The Bertz CT molecular complexity index is 1980. The number of phenolic OH excluding ortho intramolecular Hbond substituents is 1. The molecular formula is C30H31F2N5O5SSi. The van der Waals surface area contributed by atoms with Gasteiger partial charge >= 0.3 is 5.69 Å². The summed E-state index contributed by atoms with van der Waals surface area (Å²) in [6, 6.07) is 10.3. The van der Waals surface area contributed by atoms with Crippen molar-refractivity contribution in [2.45, 2.75) is 36.1 Å². The zero-order valence-corrected chi connectivity index (χ0v) is 27.4. The number of hydrogen-bond acceptors (Lipinski definition) is 8. The molecule has 2 aromatic carbocycles. The van der Waals surface area contributed by atoms with Gasteiger partial charge < -0.3 is 14.9 Å². The number of anilines is 1. The van der Waals surface area contributed by atoms with Gasteiger partial charge in [-0.2, -0.15) is 4.98 Å². The van der Waals surface area contributed by atoms with Gasteiger partial charge in [-0.3, -0.25) is 4.79 Å². The van der Waals surface area contributed by atoms with Crippen molar-refractivity contribution >= 4 is 42.8 Å². The van der Waals surface area contributed by atoms with Gasteiger partial charge in [0, 0.05) is 35.0 Å². The molecule has 3 heterocycles. The summed E-state index contributed by atoms with van der Waals surface area (Å²) in [4.78, 5) is 38.3. The smallest absolute Gasteiger partial charge is 0.355 e. The van der Waals surface area contributed by atoms with E-state index in [1.165, 1.54) is 50.3 Å². The van der Waals surface area contributed by atoms with Crippen LogP contribution in [0.5, 0.6) is 5.75 Å². The molecule has 230 valence electrons. The lowest BCUT2D eigenvalue weighted by Gasteiger charge is -2.48. The Balaban J connectivity index is 1.87. The Labute approximate surface area is 255 Å². The van der Waals surface area contributed by atoms with Crippen LogP contribution in [0.4, 0.5) is 14.6 Å². The molecule has 1 aliphatic heterocycles. The predicted molar refractivity (Wildman–Crippen MR) is 167 cm³/mol. The predicted octanol–water partition coefficient (Wildman–Crippen LogP) is 2.53. The molecule has 44 heavy (non-hydrogen) atoms. The fraction of sp³-hybridized carbons (Fsp3) is 0.267. The number of benzene rings is 2. The van der Waals surface area contributed by atoms with Crippen molar-refractivity contribution in [3.8, 4) is 22.7 Å². The van der Waals surface area contributed by atoms with Crippen molar-refractivity contribution in [2.75, 3.05) is 24.5 Å². The van der Waals surface area contributed by atoms with Crippen molar-refractivity contribution in [1.29, 1.82) is 0 Å². The molecule has 10 nitrogen and oxygen atoms in total. The highest BCUT2D eigenvalue weighted by Crippen LogP contribution is 2.37. The standard InChI is InChI=1S/C30H31F2N5O5SSi/c1-5-24(39)35-13-14-36(30(4,44)16-35)27-18-15-20(32)26(25-19(31)9-8-11-22(25)38)33-28(18)37(29(40)34-27)21-10-6-7-12-23(21)43(41,42)17(2)3/h5-12,15,17,38H,1,13-14,16H2,2-4,44H3/t30-/m0/s1. The number of amides is 1. The molecule has 1 amide bonds. The average molecular weight is 640 g/mol. The van der Waals surface area contributed by atoms with E-state index in [4.69, 9.17) is 0 Å². The fourth-order valence-electron chi connectivity index (χ4n) is 5.45. The van der Waals surface area contributed by atoms with Gasteiger partial charge in [-0.1, -0.05) is 24.8 Å². The first-order valence-corrected chi connectivity index (χ1v) is 16.4. The zero-order valence-electron chi connectivity index (χ0n) is 24.6. The van der Waals surface area contributed by atoms with E-state index in [1.54, 1.807) is 11.0 Å². The lowest BCUT2D eigenvalue weighted by atomic mass is 10.1. The maximum absolute atomic E-state index is 15.9. The average Bonchev–Trinajstić information content (AvgIpc) is 2.96. The van der Waals surface area contributed by atoms with Crippen LogP contribution in [0, 0.1) is 11.6 Å². The Hall–Kier alpha value is -4.43. The van der Waals surface area contributed by atoms with Crippen LogP contribution < -0.4 is 10.6 Å². The van der Waals surface area contributed by atoms with E-state index in [1.807, 2.05) is 11.8 Å². The van der Waals surface area contributed by atoms with Crippen LogP contribution in [0.25, 0.3) is 28.0 Å². The van der Waals surface area contributed by atoms with E-state index in [0.29, 0.717) is 16.8 Å². The molecule has 2 aromatic heterocycles. The van der Waals surface area contributed by atoms with Gasteiger partial charge in [-0.25, -0.2) is 31.5 Å². The Morgan fingerprint density at radius 3 is 2.45 bits per heavy atom. The molecule has 1 atom stereocenters. The highest BCUT2D eigenvalue weighted by atomic mass is 32.2. The van der Waals surface area contributed by atoms with Gasteiger partial charge in [0.2, 0.25) is 5.91 Å². The number of aromatic nitrogens is 3. The van der Waals surface area contributed by atoms with Crippen molar-refractivity contribution in [1.82, 2.24) is 19.4 Å². The molecule has 0 saturated carbocycles. The summed E-state index contributed by atoms with van der Waals surface area (Å²) in [5.74, 6) is -2.67. The molecule has 0 spiro atoms. The molecular weight excluding hydrogens is 609 g/mol. The van der Waals surface area contributed by atoms with Crippen LogP contribution in [0.15, 0.2) is 70.9 Å². The van der Waals surface area contributed by atoms with Crippen LogP contribution in [0.1, 0.15) is 20.8 Å². The number of phenols is 1. The van der Waals surface area contributed by atoms with Gasteiger partial charge in [0.05, 0.1) is 26.8 Å². The van der Waals surface area contributed by atoms with Crippen LogP contribution in [-0.4, -0.2) is 79.2 Å². The molecule has 14 heteroatoms. The maximum atomic E-state index is 15.9. The van der Waals surface area contributed by atoms with Crippen LogP contribution in [0.3, 0.4) is 0 Å². The Morgan fingerprint density at radius 2 is 1.82 bits per heavy atom. The summed E-state index contributed by atoms with van der Waals surface area (Å²) >= 11 is 0. The van der Waals surface area contributed by atoms with E-state index in [9.17, 15) is 27.5 Å². The lowest BCUT2D eigenvalue weighted by Crippen LogP contribution is -2.63. The quantitative estimate of drug-likeness (QED) is 0.252. The molecule has 5 rings (SSSR count). The number of sulfone groups is 1. The second-order valence-corrected chi connectivity index (χ2v) is 16.0. The summed E-state index contributed by atoms with van der Waals surface area (Å²) in [5, 5.41) is 9.02. The third-order valence-corrected chi connectivity index (χ3v) is 10.8. The molecule has 1 aliphatic rings. The van der Waals surface area contributed by atoms with Crippen molar-refractivity contribution in [3.63, 3.8) is 0 Å². The van der Waals surface area contributed by atoms with Gasteiger partial charge in [-0.05, 0) is 57.2 Å². The second-order valence-electron chi connectivity index (χ2n) is 11.4. The monoisotopic (exact) mass is 639 g/mol. The van der Waals surface area contributed by atoms with E-state index in [0.717, 1.165) is 16.7 Å². The number of aromatic hydroxyl groups is 1. The molecule has 1 saturated heterocycles. The number of piperazine rings is 1. The third-order valence-electron chi connectivity index (χ3n) is 7.71. The van der Waals surface area contributed by atoms with Crippen LogP contribution in [0.2, 0.25) is 0 Å². The third kappa shape index (κ3) is 5.17. The van der Waals surface area contributed by atoms with E-state index < -0.39 is 54.6 Å². The first-order valence-electron chi connectivity index (χ1n) is 13.8. The van der Waals surface area contributed by atoms with E-state index in [2.05, 4.69) is 16.5 Å². The van der Waals surface area contributed by atoms with Crippen molar-refractivity contribution < 1.29 is 27.1 Å². The van der Waals surface area contributed by atoms with Crippen LogP contribution >= 0.6 is 0 Å². The van der Waals surface area contributed by atoms with E-state index >= 15 is 4.39 Å². The van der Waals surface area contributed by atoms with Gasteiger partial charge in [0.15, 0.2) is 21.3 Å². The number of nitrogens with zero attached hydrogens (tertiary/aromatic N) is 5. The summed E-state index contributed by atoms with van der Waals surface area (Å²) in [6.45, 7) is 9.28. The lowest BCUT2D eigenvalue weighted by molar-refractivity contribution is -0.127. The molecule has 1 fully saturated rings. The number of fused-ring (bicyclic) bond motifs is 1. The minimum absolute atomic E-state index is 0.0593. The summed E-state index contributed by atoms with van der Waals surface area (Å²) in [5.41, 5.74) is -2.24. The first-order chi connectivity index (χ1) is 20.7. The molecule has 0 radical (unpaired) electrons. The van der Waals surface area contributed by atoms with Gasteiger partial charge in [0.1, 0.15) is 23.1 Å². The van der Waals surface area contributed by atoms with Gasteiger partial charge in [-0.15, -0.1) is 0 Å². The number of hydrogen-bond donors (Lipinski definition) is 1. The number of carbonyl (C=O) groups excluding carboxylic acids is 1. The number of halogens is 2. The summed E-state index contributed by atoms with van der Waals surface area (Å²) in [7, 11) is -3.43. The minimum atomic E-state index is -3.93. The summed E-state index contributed by atoms with van der Waals surface area (Å²) < 4.78 is 58.6. The Morgan fingerprint density at radius 1 is 1.11 bits per heavy atom. The number of rotatable bonds is 6.